The fourth-order valence-electron chi connectivity index (χ4n) is 1.15. The summed E-state index contributed by atoms with van der Waals surface area (Å²) in [7, 11) is 1.99. The van der Waals surface area contributed by atoms with E-state index >= 15 is 0 Å². The molecule has 84 valence electrons. The van der Waals surface area contributed by atoms with Crippen molar-refractivity contribution < 1.29 is 0 Å². The number of nitrogens with two attached hydrogens (primary N) is 1. The topological polar surface area (TPSA) is 55.0 Å². The van der Waals surface area contributed by atoms with Gasteiger partial charge in [0.25, 0.3) is 0 Å². The average molecular weight is 244 g/mol. The standard InChI is InChI=1S/C9H16N4S2/c1-4-8-11-9(15-12-8)13(3)6(2)5-7(10)14/h6H,4-5H2,1-3H3,(H2,10,14). The molecule has 15 heavy (non-hydrogen) atoms. The lowest BCUT2D eigenvalue weighted by Crippen LogP contribution is -2.32. The highest BCUT2D eigenvalue weighted by Crippen LogP contribution is 2.19. The molecule has 1 aromatic heterocycles. The number of rotatable bonds is 5. The third-order valence-electron chi connectivity index (χ3n) is 2.23. The number of hydrogen-bond donors (Lipinski definition) is 1. The number of anilines is 1. The van der Waals surface area contributed by atoms with Crippen LogP contribution in [0.4, 0.5) is 5.13 Å². The Morgan fingerprint density at radius 1 is 1.67 bits per heavy atom. The van der Waals surface area contributed by atoms with Gasteiger partial charge in [0.05, 0.1) is 4.99 Å². The van der Waals surface area contributed by atoms with Crippen LogP contribution in [0.15, 0.2) is 0 Å². The van der Waals surface area contributed by atoms with E-state index in [0.717, 1.165) is 17.4 Å². The van der Waals surface area contributed by atoms with E-state index in [1.165, 1.54) is 11.5 Å². The van der Waals surface area contributed by atoms with E-state index in [2.05, 4.69) is 21.2 Å². The first-order valence-corrected chi connectivity index (χ1v) is 6.06. The lowest BCUT2D eigenvalue weighted by atomic mass is 10.2. The molecule has 1 rings (SSSR count). The number of hydrogen-bond acceptors (Lipinski definition) is 5. The van der Waals surface area contributed by atoms with E-state index in [1.807, 2.05) is 14.0 Å². The second-order valence-corrected chi connectivity index (χ2v) is 4.73. The Labute approximate surface area is 99.7 Å². The molecule has 1 aromatic rings. The van der Waals surface area contributed by atoms with Crippen molar-refractivity contribution in [3.05, 3.63) is 5.82 Å². The van der Waals surface area contributed by atoms with E-state index in [9.17, 15) is 0 Å². The number of aryl methyl sites for hydroxylation is 1. The van der Waals surface area contributed by atoms with Gasteiger partial charge < -0.3 is 10.6 Å². The van der Waals surface area contributed by atoms with Crippen LogP contribution in [0.1, 0.15) is 26.1 Å². The minimum Gasteiger partial charge on any atom is -0.393 e. The highest BCUT2D eigenvalue weighted by molar-refractivity contribution is 7.80. The lowest BCUT2D eigenvalue weighted by molar-refractivity contribution is 0.710. The average Bonchev–Trinajstić information content (AvgIpc) is 2.63. The van der Waals surface area contributed by atoms with Crippen LogP contribution in [-0.4, -0.2) is 27.4 Å². The molecule has 0 aliphatic carbocycles. The molecule has 0 spiro atoms. The van der Waals surface area contributed by atoms with Crippen molar-refractivity contribution in [2.24, 2.45) is 5.73 Å². The van der Waals surface area contributed by atoms with Crippen molar-refractivity contribution in [2.45, 2.75) is 32.7 Å². The first-order valence-electron chi connectivity index (χ1n) is 4.88. The summed E-state index contributed by atoms with van der Waals surface area (Å²) in [6, 6.07) is 0.264. The van der Waals surface area contributed by atoms with Crippen LogP contribution < -0.4 is 10.6 Å². The number of aromatic nitrogens is 2. The normalized spacial score (nSPS) is 12.5. The van der Waals surface area contributed by atoms with Crippen LogP contribution in [0.3, 0.4) is 0 Å². The van der Waals surface area contributed by atoms with Gasteiger partial charge in [-0.1, -0.05) is 19.1 Å². The van der Waals surface area contributed by atoms with Gasteiger partial charge in [-0.2, -0.15) is 4.37 Å². The third kappa shape index (κ3) is 3.39. The van der Waals surface area contributed by atoms with Gasteiger partial charge >= 0.3 is 0 Å². The second-order valence-electron chi connectivity index (χ2n) is 3.48. The zero-order valence-electron chi connectivity index (χ0n) is 9.23. The van der Waals surface area contributed by atoms with Gasteiger partial charge in [-0.3, -0.25) is 0 Å². The first-order chi connectivity index (χ1) is 7.04. The Kier molecular flexibility index (Phi) is 4.41. The van der Waals surface area contributed by atoms with Crippen molar-refractivity contribution in [1.82, 2.24) is 9.36 Å². The lowest BCUT2D eigenvalue weighted by Gasteiger charge is -2.23. The highest BCUT2D eigenvalue weighted by Gasteiger charge is 2.14. The maximum Gasteiger partial charge on any atom is 0.205 e. The molecular formula is C9H16N4S2. The Balaban J connectivity index is 2.66. The molecule has 0 fully saturated rings. The van der Waals surface area contributed by atoms with Gasteiger partial charge in [-0.05, 0) is 6.92 Å². The molecule has 4 nitrogen and oxygen atoms in total. The Morgan fingerprint density at radius 2 is 2.33 bits per heavy atom. The van der Waals surface area contributed by atoms with Crippen LogP contribution in [0.25, 0.3) is 0 Å². The van der Waals surface area contributed by atoms with E-state index in [1.54, 1.807) is 0 Å². The maximum absolute atomic E-state index is 5.51. The van der Waals surface area contributed by atoms with Crippen molar-refractivity contribution in [1.29, 1.82) is 0 Å². The summed E-state index contributed by atoms with van der Waals surface area (Å²) in [6.45, 7) is 4.12. The molecule has 1 atom stereocenters. The fraction of sp³-hybridized carbons (Fsp3) is 0.667. The summed E-state index contributed by atoms with van der Waals surface area (Å²) in [4.78, 5) is 7.01. The Bertz CT molecular complexity index is 337. The van der Waals surface area contributed by atoms with E-state index in [4.69, 9.17) is 18.0 Å². The zero-order valence-corrected chi connectivity index (χ0v) is 10.9. The summed E-state index contributed by atoms with van der Waals surface area (Å²) < 4.78 is 4.24. The SMILES string of the molecule is CCc1nsc(N(C)C(C)CC(N)=S)n1. The van der Waals surface area contributed by atoms with Crippen LogP contribution in [-0.2, 0) is 6.42 Å². The van der Waals surface area contributed by atoms with Gasteiger partial charge in [-0.25, -0.2) is 4.98 Å². The molecule has 2 N–H and O–H groups in total. The van der Waals surface area contributed by atoms with Crippen LogP contribution in [0.2, 0.25) is 0 Å². The molecule has 1 heterocycles. The molecule has 0 bridgehead atoms. The van der Waals surface area contributed by atoms with Crippen molar-refractivity contribution in [3.63, 3.8) is 0 Å². The predicted octanol–water partition coefficient (Wildman–Crippen LogP) is 1.60. The summed E-state index contributed by atoms with van der Waals surface area (Å²) in [6.07, 6.45) is 1.57. The van der Waals surface area contributed by atoms with Crippen molar-refractivity contribution in [3.8, 4) is 0 Å². The van der Waals surface area contributed by atoms with Gasteiger partial charge in [0.2, 0.25) is 5.13 Å². The number of thiocarbonyl (C=S) groups is 1. The molecule has 0 radical (unpaired) electrons. The van der Waals surface area contributed by atoms with E-state index in [0.29, 0.717) is 11.4 Å². The molecule has 0 saturated heterocycles. The van der Waals surface area contributed by atoms with Gasteiger partial charge in [0, 0.05) is 37.5 Å². The minimum atomic E-state index is 0.264. The summed E-state index contributed by atoms with van der Waals surface area (Å²) >= 11 is 6.31. The van der Waals surface area contributed by atoms with Crippen LogP contribution in [0.5, 0.6) is 0 Å². The summed E-state index contributed by atoms with van der Waals surface area (Å²) in [5.41, 5.74) is 5.51. The summed E-state index contributed by atoms with van der Waals surface area (Å²) in [5.74, 6) is 0.893. The Morgan fingerprint density at radius 3 is 2.80 bits per heavy atom. The van der Waals surface area contributed by atoms with E-state index in [-0.39, 0.29) is 6.04 Å². The van der Waals surface area contributed by atoms with Crippen molar-refractivity contribution in [2.75, 3.05) is 11.9 Å². The Hall–Kier alpha value is -0.750. The quantitative estimate of drug-likeness (QED) is 0.797. The molecule has 0 saturated carbocycles. The van der Waals surface area contributed by atoms with Gasteiger partial charge in [-0.15, -0.1) is 0 Å². The maximum atomic E-state index is 5.51. The zero-order chi connectivity index (χ0) is 11.4. The fourth-order valence-corrected chi connectivity index (χ4v) is 2.20. The minimum absolute atomic E-state index is 0.264. The molecule has 6 heteroatoms. The monoisotopic (exact) mass is 244 g/mol. The van der Waals surface area contributed by atoms with Crippen molar-refractivity contribution >= 4 is 33.9 Å². The summed E-state index contributed by atoms with van der Waals surface area (Å²) in [5, 5.41) is 0.926. The molecule has 0 aliphatic rings. The van der Waals surface area contributed by atoms with E-state index < -0.39 is 0 Å². The molecular weight excluding hydrogens is 228 g/mol. The second kappa shape index (κ2) is 5.37. The molecule has 1 unspecified atom stereocenters. The molecule has 0 amide bonds. The largest absolute Gasteiger partial charge is 0.393 e. The van der Waals surface area contributed by atoms with Crippen LogP contribution >= 0.6 is 23.8 Å². The smallest absolute Gasteiger partial charge is 0.205 e. The predicted molar refractivity (Wildman–Crippen MR) is 68.6 cm³/mol. The first kappa shape index (κ1) is 12.3. The van der Waals surface area contributed by atoms with Crippen LogP contribution in [0, 0.1) is 0 Å². The molecule has 0 aromatic carbocycles. The van der Waals surface area contributed by atoms with Gasteiger partial charge in [0.15, 0.2) is 0 Å². The number of nitrogens with zero attached hydrogens (tertiary/aromatic N) is 3. The third-order valence-corrected chi connectivity index (χ3v) is 3.24. The van der Waals surface area contributed by atoms with Gasteiger partial charge in [0.1, 0.15) is 5.82 Å². The molecule has 0 aliphatic heterocycles. The highest BCUT2D eigenvalue weighted by atomic mass is 32.1.